The molecule has 0 aromatic heterocycles. The van der Waals surface area contributed by atoms with Crippen LogP contribution in [0.25, 0.3) is 0 Å². The number of unbranched alkanes of at least 4 members (excludes halogenated alkanes) is 3. The summed E-state index contributed by atoms with van der Waals surface area (Å²) in [6.07, 6.45) is -8.64. The summed E-state index contributed by atoms with van der Waals surface area (Å²) in [7, 11) is -9.09. The summed E-state index contributed by atoms with van der Waals surface area (Å²) in [6, 6.07) is 0. The third-order valence-electron chi connectivity index (χ3n) is 4.04. The van der Waals surface area contributed by atoms with Gasteiger partial charge in [-0.2, -0.15) is 26.3 Å². The Morgan fingerprint density at radius 2 is 1.24 bits per heavy atom. The molecule has 0 amide bonds. The SMILES string of the molecule is C.CCCCCC(C)C(=O)O.O=C(O)C(CCCCOS(O)(O)CC(F)(F)F)OS(O)(O)CC(F)(F)F. The Balaban J connectivity index is -0.000000886. The molecular weight excluding hydrogens is 566 g/mol. The third-order valence-corrected chi connectivity index (χ3v) is 6.54. The molecule has 0 aromatic carbocycles. The molecule has 0 radical (unpaired) electrons. The molecule has 0 aliphatic heterocycles. The minimum Gasteiger partial charge on any atom is -0.481 e. The molecule has 0 saturated carbocycles. The van der Waals surface area contributed by atoms with Gasteiger partial charge >= 0.3 is 24.3 Å². The van der Waals surface area contributed by atoms with E-state index < -0.39 is 76.7 Å². The zero-order chi connectivity index (χ0) is 28.8. The molecule has 0 bridgehead atoms. The van der Waals surface area contributed by atoms with E-state index in [1.165, 1.54) is 0 Å². The normalized spacial score (nSPS) is 15.0. The van der Waals surface area contributed by atoms with Gasteiger partial charge in [-0.15, -0.1) is 0 Å². The average molecular weight is 605 g/mol. The molecular formula is C19H38F6O10S2. The molecule has 6 N–H and O–H groups in total. The van der Waals surface area contributed by atoms with Crippen LogP contribution in [0.3, 0.4) is 0 Å². The summed E-state index contributed by atoms with van der Waals surface area (Å²) in [5, 5.41) is 17.3. The second kappa shape index (κ2) is 18.3. The van der Waals surface area contributed by atoms with Crippen LogP contribution >= 0.6 is 21.7 Å². The Hall–Kier alpha value is -1.02. The van der Waals surface area contributed by atoms with Crippen molar-refractivity contribution in [1.29, 1.82) is 0 Å². The molecule has 37 heavy (non-hydrogen) atoms. The number of halogens is 6. The lowest BCUT2D eigenvalue weighted by molar-refractivity contribution is -0.146. The molecule has 228 valence electrons. The molecule has 0 aliphatic carbocycles. The molecule has 0 rings (SSSR count). The van der Waals surface area contributed by atoms with Crippen molar-refractivity contribution in [2.24, 2.45) is 5.92 Å². The summed E-state index contributed by atoms with van der Waals surface area (Å²) < 4.78 is 117. The van der Waals surface area contributed by atoms with Crippen LogP contribution in [-0.2, 0) is 18.0 Å². The predicted octanol–water partition coefficient (Wildman–Crippen LogP) is 7.02. The van der Waals surface area contributed by atoms with Gasteiger partial charge in [0, 0.05) is 0 Å². The molecule has 18 heteroatoms. The van der Waals surface area contributed by atoms with Crippen LogP contribution < -0.4 is 0 Å². The topological polar surface area (TPSA) is 174 Å². The van der Waals surface area contributed by atoms with E-state index in [0.29, 0.717) is 0 Å². The number of carboxylic acid groups (broad SMARTS) is 2. The molecule has 0 aliphatic rings. The zero-order valence-corrected chi connectivity index (χ0v) is 21.3. The highest BCUT2D eigenvalue weighted by Gasteiger charge is 2.41. The number of carboxylic acids is 2. The van der Waals surface area contributed by atoms with Crippen molar-refractivity contribution in [2.45, 2.75) is 84.7 Å². The monoisotopic (exact) mass is 604 g/mol. The van der Waals surface area contributed by atoms with E-state index in [0.717, 1.165) is 25.7 Å². The molecule has 2 atom stereocenters. The minimum absolute atomic E-state index is 0. The van der Waals surface area contributed by atoms with Crippen LogP contribution in [-0.4, -0.2) is 76.9 Å². The highest BCUT2D eigenvalue weighted by Crippen LogP contribution is 2.47. The van der Waals surface area contributed by atoms with E-state index in [2.05, 4.69) is 15.3 Å². The first-order valence-corrected chi connectivity index (χ1v) is 13.8. The molecule has 0 spiro atoms. The van der Waals surface area contributed by atoms with E-state index in [4.69, 9.17) is 28.4 Å². The molecule has 2 unspecified atom stereocenters. The maximum absolute atomic E-state index is 12.1. The number of carbonyl (C=O) groups is 2. The second-order valence-corrected chi connectivity index (χ2v) is 11.1. The maximum Gasteiger partial charge on any atom is 0.402 e. The fourth-order valence-electron chi connectivity index (χ4n) is 2.35. The highest BCUT2D eigenvalue weighted by molar-refractivity contribution is 8.20. The third kappa shape index (κ3) is 26.4. The lowest BCUT2D eigenvalue weighted by atomic mass is 10.0. The maximum atomic E-state index is 12.1. The first-order chi connectivity index (χ1) is 16.1. The minimum atomic E-state index is -5.01. The Morgan fingerprint density at radius 1 is 0.784 bits per heavy atom. The Morgan fingerprint density at radius 3 is 1.65 bits per heavy atom. The van der Waals surface area contributed by atoms with Crippen molar-refractivity contribution < 1.29 is 72.7 Å². The molecule has 0 heterocycles. The van der Waals surface area contributed by atoms with Crippen LogP contribution in [0.1, 0.15) is 66.2 Å². The molecule has 10 nitrogen and oxygen atoms in total. The fourth-order valence-corrected chi connectivity index (χ4v) is 4.29. The van der Waals surface area contributed by atoms with Crippen molar-refractivity contribution in [3.8, 4) is 0 Å². The van der Waals surface area contributed by atoms with Crippen molar-refractivity contribution in [3.05, 3.63) is 0 Å². The fraction of sp³-hybridized carbons (Fsp3) is 0.895. The standard InChI is InChI=1S/C10H18F6O8S2.C8H16O2.CH4/c11-9(12,13)5-25(19,20)23-4-2-1-3-7(8(17)18)24-26(21,22)6-10(14,15)16;1-3-4-5-6-7(2)8(9)10;/h7,19-22H,1-6H2,(H,17,18);7H,3-6H2,1-2H3,(H,9,10);1H4. The molecule has 0 saturated heterocycles. The van der Waals surface area contributed by atoms with Crippen molar-refractivity contribution in [3.63, 3.8) is 0 Å². The highest BCUT2D eigenvalue weighted by atomic mass is 32.3. The van der Waals surface area contributed by atoms with E-state index in [1.54, 1.807) is 6.92 Å². The van der Waals surface area contributed by atoms with Gasteiger partial charge in [-0.05, 0) is 25.7 Å². The lowest BCUT2D eigenvalue weighted by Crippen LogP contribution is -2.30. The summed E-state index contributed by atoms with van der Waals surface area (Å²) in [5.41, 5.74) is 0. The van der Waals surface area contributed by atoms with Crippen molar-refractivity contribution in [2.75, 3.05) is 18.1 Å². The summed E-state index contributed by atoms with van der Waals surface area (Å²) in [4.78, 5) is 21.2. The lowest BCUT2D eigenvalue weighted by Gasteiger charge is -2.30. The average Bonchev–Trinajstić information content (AvgIpc) is 2.63. The van der Waals surface area contributed by atoms with E-state index in [1.807, 2.05) is 0 Å². The summed E-state index contributed by atoms with van der Waals surface area (Å²) in [5.74, 6) is -6.76. The van der Waals surface area contributed by atoms with Crippen molar-refractivity contribution in [1.82, 2.24) is 0 Å². The van der Waals surface area contributed by atoms with Gasteiger partial charge in [-0.3, -0.25) is 13.2 Å². The Labute approximate surface area is 215 Å². The summed E-state index contributed by atoms with van der Waals surface area (Å²) >= 11 is 0. The van der Waals surface area contributed by atoms with E-state index in [9.17, 15) is 35.9 Å². The smallest absolute Gasteiger partial charge is 0.402 e. The quantitative estimate of drug-likeness (QED) is 0.0793. The van der Waals surface area contributed by atoms with Gasteiger partial charge in [0.25, 0.3) is 0 Å². The van der Waals surface area contributed by atoms with Crippen LogP contribution in [0.2, 0.25) is 0 Å². The van der Waals surface area contributed by atoms with Crippen LogP contribution in [0.5, 0.6) is 0 Å². The summed E-state index contributed by atoms with van der Waals surface area (Å²) in [6.45, 7) is 3.27. The van der Waals surface area contributed by atoms with Crippen LogP contribution in [0, 0.1) is 5.92 Å². The first kappa shape index (κ1) is 40.5. The molecule has 0 fully saturated rings. The Bertz CT molecular complexity index is 648. The Kier molecular flexibility index (Phi) is 20.0. The van der Waals surface area contributed by atoms with Gasteiger partial charge in [0.15, 0.2) is 6.10 Å². The number of hydrogen-bond acceptors (Lipinski definition) is 8. The van der Waals surface area contributed by atoms with Gasteiger partial charge in [0.05, 0.1) is 34.3 Å². The number of hydrogen-bond donors (Lipinski definition) is 6. The van der Waals surface area contributed by atoms with Crippen LogP contribution in [0.4, 0.5) is 26.3 Å². The van der Waals surface area contributed by atoms with E-state index in [-0.39, 0.29) is 26.2 Å². The van der Waals surface area contributed by atoms with Gasteiger partial charge in [-0.25, -0.2) is 4.79 Å². The number of rotatable bonds is 16. The van der Waals surface area contributed by atoms with E-state index >= 15 is 0 Å². The molecule has 0 aromatic rings. The zero-order valence-electron chi connectivity index (χ0n) is 19.6. The van der Waals surface area contributed by atoms with Gasteiger partial charge < -0.3 is 28.4 Å². The van der Waals surface area contributed by atoms with Gasteiger partial charge in [0.1, 0.15) is 11.5 Å². The van der Waals surface area contributed by atoms with Gasteiger partial charge in [0.2, 0.25) is 0 Å². The number of aliphatic carboxylic acids is 2. The van der Waals surface area contributed by atoms with Gasteiger partial charge in [-0.1, -0.05) is 40.5 Å². The number of alkyl halides is 6. The van der Waals surface area contributed by atoms with Crippen molar-refractivity contribution >= 4 is 33.7 Å². The second-order valence-electron chi connectivity index (χ2n) is 7.71. The van der Waals surface area contributed by atoms with Crippen LogP contribution in [0.15, 0.2) is 0 Å². The predicted molar refractivity (Wildman–Crippen MR) is 128 cm³/mol. The first-order valence-electron chi connectivity index (χ1n) is 10.5. The largest absolute Gasteiger partial charge is 0.481 e.